The molecule has 5 heteroatoms. The van der Waals surface area contributed by atoms with Crippen LogP contribution in [-0.4, -0.2) is 30.8 Å². The van der Waals surface area contributed by atoms with Crippen molar-refractivity contribution in [3.05, 3.63) is 29.3 Å². The molecule has 1 aromatic rings. The van der Waals surface area contributed by atoms with Crippen molar-refractivity contribution < 1.29 is 23.8 Å². The summed E-state index contributed by atoms with van der Waals surface area (Å²) < 4.78 is 16.3. The molecule has 1 aromatic carbocycles. The molecule has 0 fully saturated rings. The van der Waals surface area contributed by atoms with E-state index in [4.69, 9.17) is 14.2 Å². The molecule has 0 aliphatic heterocycles. The molecule has 0 amide bonds. The first-order valence-corrected chi connectivity index (χ1v) is 9.92. The first kappa shape index (κ1) is 24.0. The number of benzene rings is 1. The van der Waals surface area contributed by atoms with E-state index in [9.17, 15) is 9.59 Å². The van der Waals surface area contributed by atoms with Gasteiger partial charge < -0.3 is 14.2 Å². The smallest absolute Gasteiger partial charge is 0.309 e. The summed E-state index contributed by atoms with van der Waals surface area (Å²) in [7, 11) is 1.64. The van der Waals surface area contributed by atoms with Crippen LogP contribution >= 0.6 is 0 Å². The molecule has 0 aromatic heterocycles. The van der Waals surface area contributed by atoms with Crippen LogP contribution in [0.3, 0.4) is 0 Å². The maximum atomic E-state index is 12.5. The highest BCUT2D eigenvalue weighted by Crippen LogP contribution is 2.34. The number of carbonyl (C=O) groups excluding carboxylic acids is 2. The number of aryl methyl sites for hydroxylation is 1. The Morgan fingerprint density at radius 2 is 1.68 bits per heavy atom. The average Bonchev–Trinajstić information content (AvgIpc) is 2.54. The van der Waals surface area contributed by atoms with Crippen molar-refractivity contribution in [1.29, 1.82) is 0 Å². The summed E-state index contributed by atoms with van der Waals surface area (Å²) in [5, 5.41) is 0. The Morgan fingerprint density at radius 3 is 2.14 bits per heavy atom. The van der Waals surface area contributed by atoms with Crippen LogP contribution in [0.25, 0.3) is 0 Å². The molecular weight excluding hydrogens is 356 g/mol. The second kappa shape index (κ2) is 9.94. The van der Waals surface area contributed by atoms with Gasteiger partial charge in [0.2, 0.25) is 0 Å². The van der Waals surface area contributed by atoms with Crippen LogP contribution in [0.5, 0.6) is 5.75 Å². The third-order valence-electron chi connectivity index (χ3n) is 4.66. The Kier molecular flexibility index (Phi) is 8.52. The SMILES string of the molecule is COc1ccc([C@H](C(C)C)[C@H](C)OC(=O)[C@H](C)CC(=O)OC(C)(C)C)c(C)c1. The molecule has 0 aliphatic carbocycles. The zero-order valence-corrected chi connectivity index (χ0v) is 18.8. The standard InChI is InChI=1S/C23H36O5/c1-14(2)21(19-11-10-18(26-9)12-15(19)3)17(5)27-22(25)16(4)13-20(24)28-23(6,7)8/h10-12,14,16-17,21H,13H2,1-9H3/t16-,17+,21-/m1/s1. The van der Waals surface area contributed by atoms with E-state index < -0.39 is 17.5 Å². The molecule has 0 radical (unpaired) electrons. The number of carbonyl (C=O) groups is 2. The molecule has 0 saturated carbocycles. The van der Waals surface area contributed by atoms with Crippen LogP contribution < -0.4 is 4.74 Å². The quantitative estimate of drug-likeness (QED) is 0.580. The topological polar surface area (TPSA) is 61.8 Å². The van der Waals surface area contributed by atoms with Crippen molar-refractivity contribution in [1.82, 2.24) is 0 Å². The van der Waals surface area contributed by atoms with Crippen molar-refractivity contribution in [2.75, 3.05) is 7.11 Å². The summed E-state index contributed by atoms with van der Waals surface area (Å²) in [4.78, 5) is 24.5. The van der Waals surface area contributed by atoms with Crippen molar-refractivity contribution in [3.63, 3.8) is 0 Å². The molecule has 3 atom stereocenters. The Hall–Kier alpha value is -2.04. The minimum absolute atomic E-state index is 0.0106. The molecule has 28 heavy (non-hydrogen) atoms. The molecule has 0 aliphatic rings. The second-order valence-corrected chi connectivity index (χ2v) is 8.83. The van der Waals surface area contributed by atoms with Gasteiger partial charge in [0, 0.05) is 5.92 Å². The van der Waals surface area contributed by atoms with Gasteiger partial charge in [0.25, 0.3) is 0 Å². The first-order chi connectivity index (χ1) is 12.9. The molecule has 0 unspecified atom stereocenters. The monoisotopic (exact) mass is 392 g/mol. The van der Waals surface area contributed by atoms with Gasteiger partial charge in [0.05, 0.1) is 19.4 Å². The fourth-order valence-corrected chi connectivity index (χ4v) is 3.39. The van der Waals surface area contributed by atoms with Crippen LogP contribution in [0.2, 0.25) is 0 Å². The van der Waals surface area contributed by atoms with Crippen LogP contribution in [0.15, 0.2) is 18.2 Å². The van der Waals surface area contributed by atoms with Gasteiger partial charge in [-0.3, -0.25) is 9.59 Å². The third-order valence-corrected chi connectivity index (χ3v) is 4.66. The number of hydrogen-bond donors (Lipinski definition) is 0. The van der Waals surface area contributed by atoms with Gasteiger partial charge in [-0.1, -0.05) is 26.8 Å². The van der Waals surface area contributed by atoms with E-state index in [2.05, 4.69) is 13.8 Å². The van der Waals surface area contributed by atoms with E-state index in [0.717, 1.165) is 16.9 Å². The number of methoxy groups -OCH3 is 1. The summed E-state index contributed by atoms with van der Waals surface area (Å²) in [6.45, 7) is 15.3. The highest BCUT2D eigenvalue weighted by Gasteiger charge is 2.30. The van der Waals surface area contributed by atoms with Crippen molar-refractivity contribution in [3.8, 4) is 5.75 Å². The van der Waals surface area contributed by atoms with E-state index in [1.807, 2.05) is 32.0 Å². The molecule has 0 spiro atoms. The van der Waals surface area contributed by atoms with Gasteiger partial charge >= 0.3 is 11.9 Å². The normalized spacial score (nSPS) is 14.9. The van der Waals surface area contributed by atoms with Crippen molar-refractivity contribution in [2.24, 2.45) is 11.8 Å². The second-order valence-electron chi connectivity index (χ2n) is 8.83. The number of hydrogen-bond acceptors (Lipinski definition) is 5. The lowest BCUT2D eigenvalue weighted by Crippen LogP contribution is -2.31. The Morgan fingerprint density at radius 1 is 1.07 bits per heavy atom. The number of esters is 2. The largest absolute Gasteiger partial charge is 0.497 e. The highest BCUT2D eigenvalue weighted by molar-refractivity contribution is 5.80. The average molecular weight is 393 g/mol. The molecule has 5 nitrogen and oxygen atoms in total. The molecule has 0 heterocycles. The van der Waals surface area contributed by atoms with Gasteiger partial charge in [-0.15, -0.1) is 0 Å². The minimum Gasteiger partial charge on any atom is -0.497 e. The number of ether oxygens (including phenoxy) is 3. The van der Waals surface area contributed by atoms with Gasteiger partial charge in [-0.25, -0.2) is 0 Å². The number of rotatable bonds is 8. The summed E-state index contributed by atoms with van der Waals surface area (Å²) in [6, 6.07) is 5.95. The van der Waals surface area contributed by atoms with E-state index in [1.54, 1.807) is 34.8 Å². The maximum absolute atomic E-state index is 12.5. The Bertz CT molecular complexity index is 672. The lowest BCUT2D eigenvalue weighted by Gasteiger charge is -2.30. The molecule has 0 bridgehead atoms. The van der Waals surface area contributed by atoms with E-state index in [1.165, 1.54) is 0 Å². The zero-order valence-electron chi connectivity index (χ0n) is 18.8. The fraction of sp³-hybridized carbons (Fsp3) is 0.652. The highest BCUT2D eigenvalue weighted by atomic mass is 16.6. The fourth-order valence-electron chi connectivity index (χ4n) is 3.39. The van der Waals surface area contributed by atoms with Gasteiger partial charge in [0.1, 0.15) is 17.5 Å². The third kappa shape index (κ3) is 7.17. The molecule has 0 N–H and O–H groups in total. The van der Waals surface area contributed by atoms with Crippen molar-refractivity contribution in [2.45, 2.75) is 79.4 Å². The lowest BCUT2D eigenvalue weighted by atomic mass is 9.82. The van der Waals surface area contributed by atoms with Gasteiger partial charge in [0.15, 0.2) is 0 Å². The predicted molar refractivity (Wildman–Crippen MR) is 110 cm³/mol. The molecule has 1 rings (SSSR count). The lowest BCUT2D eigenvalue weighted by molar-refractivity contribution is -0.163. The summed E-state index contributed by atoms with van der Waals surface area (Å²) in [6.07, 6.45) is -0.308. The predicted octanol–water partition coefficient (Wildman–Crippen LogP) is 5.04. The Balaban J connectivity index is 2.85. The van der Waals surface area contributed by atoms with Crippen molar-refractivity contribution >= 4 is 11.9 Å². The Labute approximate surface area is 169 Å². The van der Waals surface area contributed by atoms with E-state index >= 15 is 0 Å². The molecule has 158 valence electrons. The summed E-state index contributed by atoms with van der Waals surface area (Å²) >= 11 is 0. The van der Waals surface area contributed by atoms with Gasteiger partial charge in [-0.2, -0.15) is 0 Å². The summed E-state index contributed by atoms with van der Waals surface area (Å²) in [5.41, 5.74) is 1.67. The first-order valence-electron chi connectivity index (χ1n) is 9.92. The molecular formula is C23H36O5. The minimum atomic E-state index is -0.567. The van der Waals surface area contributed by atoms with E-state index in [0.29, 0.717) is 0 Å². The van der Waals surface area contributed by atoms with Crippen LogP contribution in [-0.2, 0) is 19.1 Å². The molecule has 0 saturated heterocycles. The summed E-state index contributed by atoms with van der Waals surface area (Å²) in [5.74, 6) is -0.202. The maximum Gasteiger partial charge on any atom is 0.309 e. The zero-order chi connectivity index (χ0) is 21.6. The van der Waals surface area contributed by atoms with Crippen LogP contribution in [0, 0.1) is 18.8 Å². The van der Waals surface area contributed by atoms with Gasteiger partial charge in [-0.05, 0) is 63.8 Å². The van der Waals surface area contributed by atoms with Crippen LogP contribution in [0.4, 0.5) is 0 Å². The van der Waals surface area contributed by atoms with E-state index in [-0.39, 0.29) is 30.3 Å². The van der Waals surface area contributed by atoms with Crippen LogP contribution in [0.1, 0.15) is 71.9 Å².